The Morgan fingerprint density at radius 1 is 0.421 bits per heavy atom. The molecule has 0 unspecified atom stereocenters. The van der Waals surface area contributed by atoms with E-state index in [1.807, 2.05) is 91.9 Å². The minimum Gasteiger partial charge on any atom is -0.309 e. The first-order valence-electron chi connectivity index (χ1n) is 17.8. The monoisotopic (exact) mass is 724 g/mol. The lowest BCUT2D eigenvalue weighted by Crippen LogP contribution is -2.02. The Kier molecular flexibility index (Phi) is 7.84. The van der Waals surface area contributed by atoms with Crippen molar-refractivity contribution in [2.75, 3.05) is 0 Å². The first-order valence-corrected chi connectivity index (χ1v) is 17.8. The zero-order chi connectivity index (χ0) is 39.4. The highest BCUT2D eigenvalue weighted by atomic mass is 15.0. The minimum atomic E-state index is 0.441. The number of aryl methyl sites for hydroxylation is 1. The molecular weight excluding hydrogens is 701 g/mol. The van der Waals surface area contributed by atoms with Crippen molar-refractivity contribution in [3.63, 3.8) is 0 Å². The van der Waals surface area contributed by atoms with Gasteiger partial charge in [-0.1, -0.05) is 36.4 Å². The highest BCUT2D eigenvalue weighted by Gasteiger charge is 2.22. The topological polar surface area (TPSA) is 94.3 Å². The van der Waals surface area contributed by atoms with Crippen molar-refractivity contribution in [2.24, 2.45) is 0 Å². The lowest BCUT2D eigenvalue weighted by molar-refractivity contribution is 1.16. The van der Waals surface area contributed by atoms with Crippen molar-refractivity contribution in [1.82, 2.24) is 9.13 Å². The van der Waals surface area contributed by atoms with Crippen molar-refractivity contribution in [2.45, 2.75) is 6.92 Å². The number of aromatic nitrogens is 2. The van der Waals surface area contributed by atoms with E-state index in [2.05, 4.69) is 54.0 Å². The van der Waals surface area contributed by atoms with Gasteiger partial charge in [0.25, 0.3) is 0 Å². The number of hydrogen-bond donors (Lipinski definition) is 0. The van der Waals surface area contributed by atoms with Crippen LogP contribution in [0.1, 0.15) is 22.3 Å². The quantitative estimate of drug-likeness (QED) is 0.169. The van der Waals surface area contributed by atoms with Gasteiger partial charge in [-0.05, 0) is 131 Å². The fraction of sp³-hybridized carbons (Fsp3) is 0.0204. The molecule has 0 saturated heterocycles. The van der Waals surface area contributed by atoms with E-state index in [-0.39, 0.29) is 0 Å². The summed E-state index contributed by atoms with van der Waals surface area (Å²) < 4.78 is 4.27. The molecule has 2 heterocycles. The van der Waals surface area contributed by atoms with E-state index in [0.29, 0.717) is 33.8 Å². The smallest absolute Gasteiger partial charge is 0.188 e. The molecule has 0 radical (unpaired) electrons. The second kappa shape index (κ2) is 13.2. The van der Waals surface area contributed by atoms with Gasteiger partial charge in [-0.25, -0.2) is 14.5 Å². The Hall–Kier alpha value is -8.92. The van der Waals surface area contributed by atoms with Crippen molar-refractivity contribution >= 4 is 60.7 Å². The summed E-state index contributed by atoms with van der Waals surface area (Å²) in [5.41, 5.74) is 12.3. The van der Waals surface area contributed by atoms with Gasteiger partial charge in [0.2, 0.25) is 0 Å². The standard InChI is InChI=1S/C49H24N8/c1-29-19-30(26-50)5-12-37(29)33-8-13-38(49(22-33)57-47-17-10-35(54-3)24-42(47)43-25-36(55-4)11-18-48(43)57)41-23-34(53-2)9-16-46(41)56-44-14-6-31(27-51)20-39(44)40-21-32(28-52)7-15-45(40)56/h5-25H,1H3. The van der Waals surface area contributed by atoms with E-state index in [1.165, 1.54) is 0 Å². The molecule has 0 aliphatic rings. The molecule has 9 aromatic rings. The summed E-state index contributed by atoms with van der Waals surface area (Å²) in [5.74, 6) is 0. The van der Waals surface area contributed by atoms with Gasteiger partial charge in [-0.2, -0.15) is 15.8 Å². The Morgan fingerprint density at radius 3 is 1.39 bits per heavy atom. The summed E-state index contributed by atoms with van der Waals surface area (Å²) >= 11 is 0. The molecular formula is C49H24N8. The van der Waals surface area contributed by atoms with Gasteiger partial charge >= 0.3 is 0 Å². The second-order valence-electron chi connectivity index (χ2n) is 13.7. The first kappa shape index (κ1) is 33.9. The molecule has 9 rings (SSSR count). The van der Waals surface area contributed by atoms with E-state index >= 15 is 0 Å². The van der Waals surface area contributed by atoms with Crippen LogP contribution in [-0.2, 0) is 0 Å². The van der Waals surface area contributed by atoms with Crippen LogP contribution in [0.4, 0.5) is 17.1 Å². The Bertz CT molecular complexity index is 3360. The van der Waals surface area contributed by atoms with Crippen molar-refractivity contribution in [1.29, 1.82) is 15.8 Å². The molecule has 0 aliphatic carbocycles. The second-order valence-corrected chi connectivity index (χ2v) is 13.7. The van der Waals surface area contributed by atoms with Gasteiger partial charge in [0.15, 0.2) is 17.1 Å². The summed E-state index contributed by atoms with van der Waals surface area (Å²) in [6.45, 7) is 25.6. The molecule has 0 amide bonds. The van der Waals surface area contributed by atoms with E-state index in [0.717, 1.165) is 82.8 Å². The zero-order valence-corrected chi connectivity index (χ0v) is 30.2. The molecule has 0 spiro atoms. The molecule has 260 valence electrons. The average molecular weight is 725 g/mol. The van der Waals surface area contributed by atoms with E-state index < -0.39 is 0 Å². The Balaban J connectivity index is 1.43. The molecule has 0 aliphatic heterocycles. The van der Waals surface area contributed by atoms with Gasteiger partial charge in [-0.15, -0.1) is 0 Å². The van der Waals surface area contributed by atoms with Crippen LogP contribution in [-0.4, -0.2) is 9.13 Å². The molecule has 0 bridgehead atoms. The van der Waals surface area contributed by atoms with Crippen LogP contribution >= 0.6 is 0 Å². The normalized spacial score (nSPS) is 10.8. The maximum absolute atomic E-state index is 9.84. The van der Waals surface area contributed by atoms with Gasteiger partial charge in [0.05, 0.1) is 88.1 Å². The summed E-state index contributed by atoms with van der Waals surface area (Å²) in [6.07, 6.45) is 0. The lowest BCUT2D eigenvalue weighted by atomic mass is 9.93. The maximum Gasteiger partial charge on any atom is 0.188 e. The summed E-state index contributed by atoms with van der Waals surface area (Å²) in [6, 6.07) is 46.5. The third-order valence-electron chi connectivity index (χ3n) is 10.6. The minimum absolute atomic E-state index is 0.441. The SMILES string of the molecule is [C-]#[N+]c1ccc(-n2c3ccc(C#N)cc3c3cc(C#N)ccc32)c(-c2ccc(-c3ccc(C#N)cc3C)cc2-n2c3ccc([N+]#[C-])cc3c3cc([N+]#[C-])ccc32)c1. The van der Waals surface area contributed by atoms with Crippen LogP contribution in [0.3, 0.4) is 0 Å². The van der Waals surface area contributed by atoms with Crippen LogP contribution < -0.4 is 0 Å². The van der Waals surface area contributed by atoms with Crippen LogP contribution in [0.25, 0.3) is 91.8 Å². The van der Waals surface area contributed by atoms with Gasteiger partial charge in [-0.3, -0.25) is 0 Å². The van der Waals surface area contributed by atoms with E-state index in [9.17, 15) is 15.8 Å². The van der Waals surface area contributed by atoms with E-state index in [1.54, 1.807) is 30.3 Å². The number of fused-ring (bicyclic) bond motifs is 6. The van der Waals surface area contributed by atoms with Crippen LogP contribution in [0.5, 0.6) is 0 Å². The van der Waals surface area contributed by atoms with Gasteiger partial charge < -0.3 is 9.13 Å². The highest BCUT2D eigenvalue weighted by molar-refractivity contribution is 6.13. The third-order valence-corrected chi connectivity index (χ3v) is 10.6. The zero-order valence-electron chi connectivity index (χ0n) is 30.2. The lowest BCUT2D eigenvalue weighted by Gasteiger charge is -2.20. The van der Waals surface area contributed by atoms with Gasteiger partial charge in [0.1, 0.15) is 0 Å². The van der Waals surface area contributed by atoms with Crippen molar-refractivity contribution in [3.8, 4) is 51.8 Å². The first-order chi connectivity index (χ1) is 27.9. The molecule has 0 atom stereocenters. The number of nitrogens with zero attached hydrogens (tertiary/aromatic N) is 8. The molecule has 7 aromatic carbocycles. The van der Waals surface area contributed by atoms with Crippen LogP contribution in [0.15, 0.2) is 127 Å². The molecule has 0 N–H and O–H groups in total. The van der Waals surface area contributed by atoms with E-state index in [4.69, 9.17) is 19.7 Å². The maximum atomic E-state index is 9.84. The summed E-state index contributed by atoms with van der Waals surface area (Å²) in [4.78, 5) is 11.3. The predicted molar refractivity (Wildman–Crippen MR) is 224 cm³/mol. The number of rotatable bonds is 4. The molecule has 2 aromatic heterocycles. The summed E-state index contributed by atoms with van der Waals surface area (Å²) in [5, 5.41) is 32.6. The number of hydrogen-bond acceptors (Lipinski definition) is 3. The fourth-order valence-electron chi connectivity index (χ4n) is 7.99. The van der Waals surface area contributed by atoms with Crippen LogP contribution in [0.2, 0.25) is 0 Å². The largest absolute Gasteiger partial charge is 0.309 e. The average Bonchev–Trinajstić information content (AvgIpc) is 3.76. The molecule has 57 heavy (non-hydrogen) atoms. The number of benzene rings is 7. The van der Waals surface area contributed by atoms with Gasteiger partial charge in [0, 0.05) is 16.3 Å². The molecule has 8 nitrogen and oxygen atoms in total. The number of nitriles is 3. The van der Waals surface area contributed by atoms with Crippen LogP contribution in [0, 0.1) is 60.6 Å². The Labute approximate surface area is 327 Å². The van der Waals surface area contributed by atoms with Crippen molar-refractivity contribution in [3.05, 3.63) is 184 Å². The fourth-order valence-corrected chi connectivity index (χ4v) is 7.99. The molecule has 0 saturated carbocycles. The molecule has 0 fully saturated rings. The highest BCUT2D eigenvalue weighted by Crippen LogP contribution is 2.44. The Morgan fingerprint density at radius 2 is 0.860 bits per heavy atom. The third kappa shape index (κ3) is 5.32. The predicted octanol–water partition coefficient (Wildman–Crippen LogP) is 12.8. The van der Waals surface area contributed by atoms with Crippen molar-refractivity contribution < 1.29 is 0 Å². The summed E-state index contributed by atoms with van der Waals surface area (Å²) in [7, 11) is 0. The molecule has 8 heteroatoms.